The molecule has 3 aromatic rings. The van der Waals surface area contributed by atoms with Crippen molar-refractivity contribution in [2.45, 2.75) is 37.5 Å². The molecule has 0 unspecified atom stereocenters. The van der Waals surface area contributed by atoms with E-state index in [1.165, 1.54) is 11.6 Å². The van der Waals surface area contributed by atoms with Crippen LogP contribution in [0.4, 0.5) is 13.2 Å². The summed E-state index contributed by atoms with van der Waals surface area (Å²) in [5, 5.41) is 17.0. The number of methoxy groups -OCH3 is 1. The summed E-state index contributed by atoms with van der Waals surface area (Å²) in [5.41, 5.74) is 2.20. The van der Waals surface area contributed by atoms with Crippen LogP contribution in [-0.4, -0.2) is 46.4 Å². The Morgan fingerprint density at radius 3 is 2.64 bits per heavy atom. The molecule has 2 aromatic carbocycles. The Morgan fingerprint density at radius 1 is 1.18 bits per heavy atom. The second kappa shape index (κ2) is 10.5. The molecule has 0 saturated carbocycles. The van der Waals surface area contributed by atoms with Crippen LogP contribution < -0.4 is 15.4 Å². The quantitative estimate of drug-likeness (QED) is 0.555. The predicted octanol–water partition coefficient (Wildman–Crippen LogP) is 3.91. The number of tetrazole rings is 1. The van der Waals surface area contributed by atoms with E-state index >= 15 is 0 Å². The number of ether oxygens (including phenoxy) is 1. The third kappa shape index (κ3) is 5.45. The van der Waals surface area contributed by atoms with Crippen molar-refractivity contribution in [2.75, 3.05) is 20.2 Å². The molecule has 33 heavy (non-hydrogen) atoms. The minimum atomic E-state index is -4.66. The Hall–Kier alpha value is -2.69. The number of benzene rings is 2. The monoisotopic (exact) mass is 482 g/mol. The fourth-order valence-electron chi connectivity index (χ4n) is 4.25. The molecule has 1 aromatic heterocycles. The van der Waals surface area contributed by atoms with Gasteiger partial charge in [-0.1, -0.05) is 30.3 Å². The summed E-state index contributed by atoms with van der Waals surface area (Å²) in [6.45, 7) is 3.73. The van der Waals surface area contributed by atoms with Crippen LogP contribution in [0.2, 0.25) is 0 Å². The highest BCUT2D eigenvalue weighted by molar-refractivity contribution is 5.85. The standard InChI is InChI=1S/C22H25F3N6O.ClH/c1-14(27-19-10-11-26-13-18(19)15-6-4-3-5-7-15)17-12-16(8-9-20(17)32-2)31-21(22(23,24)25)28-29-30-31;/h3-9,12,14,18-19,26-27H,10-11,13H2,1-2H3;1H/t14-,18-,19-;/m0./s1. The number of hydrogen-bond donors (Lipinski definition) is 2. The molecule has 0 bridgehead atoms. The Bertz CT molecular complexity index is 1050. The van der Waals surface area contributed by atoms with Crippen LogP contribution in [0, 0.1) is 0 Å². The number of aromatic nitrogens is 4. The molecular formula is C22H26ClF3N6O. The molecule has 178 valence electrons. The number of nitrogens with zero attached hydrogens (tertiary/aromatic N) is 4. The molecular weight excluding hydrogens is 457 g/mol. The van der Waals surface area contributed by atoms with E-state index in [0.717, 1.165) is 25.1 Å². The molecule has 2 heterocycles. The Kier molecular flexibility index (Phi) is 7.93. The lowest BCUT2D eigenvalue weighted by Crippen LogP contribution is -2.46. The average Bonchev–Trinajstić information content (AvgIpc) is 3.30. The molecule has 1 aliphatic rings. The van der Waals surface area contributed by atoms with Gasteiger partial charge in [-0.05, 0) is 54.1 Å². The SMILES string of the molecule is COc1ccc(-n2nnnc2C(F)(F)F)cc1[C@H](C)N[C@H]1CCNC[C@H]1c1ccccc1.Cl. The van der Waals surface area contributed by atoms with Crippen molar-refractivity contribution >= 4 is 12.4 Å². The zero-order valence-electron chi connectivity index (χ0n) is 18.2. The zero-order valence-corrected chi connectivity index (χ0v) is 19.0. The van der Waals surface area contributed by atoms with Gasteiger partial charge >= 0.3 is 6.18 Å². The average molecular weight is 483 g/mol. The number of hydrogen-bond acceptors (Lipinski definition) is 6. The van der Waals surface area contributed by atoms with Crippen molar-refractivity contribution in [1.29, 1.82) is 0 Å². The third-order valence-electron chi connectivity index (χ3n) is 5.82. The van der Waals surface area contributed by atoms with Gasteiger partial charge in [-0.25, -0.2) is 0 Å². The molecule has 0 aliphatic carbocycles. The summed E-state index contributed by atoms with van der Waals surface area (Å²) in [4.78, 5) is 0. The highest BCUT2D eigenvalue weighted by Gasteiger charge is 2.38. The third-order valence-corrected chi connectivity index (χ3v) is 5.82. The van der Waals surface area contributed by atoms with E-state index in [1.54, 1.807) is 19.2 Å². The fourth-order valence-corrected chi connectivity index (χ4v) is 4.25. The van der Waals surface area contributed by atoms with Gasteiger partial charge < -0.3 is 15.4 Å². The van der Waals surface area contributed by atoms with Crippen LogP contribution in [-0.2, 0) is 6.18 Å². The van der Waals surface area contributed by atoms with E-state index in [2.05, 4.69) is 38.3 Å². The highest BCUT2D eigenvalue weighted by Crippen LogP contribution is 2.33. The maximum Gasteiger partial charge on any atom is 0.453 e. The van der Waals surface area contributed by atoms with E-state index in [-0.39, 0.29) is 36.1 Å². The molecule has 7 nitrogen and oxygen atoms in total. The number of nitrogens with one attached hydrogen (secondary N) is 2. The topological polar surface area (TPSA) is 76.9 Å². The molecule has 0 radical (unpaired) electrons. The number of halogens is 4. The second-order valence-electron chi connectivity index (χ2n) is 7.84. The molecule has 3 atom stereocenters. The van der Waals surface area contributed by atoms with Gasteiger partial charge in [0.1, 0.15) is 5.75 Å². The van der Waals surface area contributed by atoms with E-state index in [9.17, 15) is 13.2 Å². The number of alkyl halides is 3. The Labute approximate surface area is 196 Å². The summed E-state index contributed by atoms with van der Waals surface area (Å²) >= 11 is 0. The van der Waals surface area contributed by atoms with Crippen LogP contribution in [0.25, 0.3) is 5.69 Å². The molecule has 4 rings (SSSR count). The molecule has 1 aliphatic heterocycles. The zero-order chi connectivity index (χ0) is 22.7. The van der Waals surface area contributed by atoms with Gasteiger partial charge in [-0.3, -0.25) is 0 Å². The number of piperidine rings is 1. The van der Waals surface area contributed by atoms with Gasteiger partial charge in [0.2, 0.25) is 0 Å². The second-order valence-corrected chi connectivity index (χ2v) is 7.84. The number of rotatable bonds is 6. The van der Waals surface area contributed by atoms with Crippen molar-refractivity contribution in [1.82, 2.24) is 30.8 Å². The molecule has 1 saturated heterocycles. The van der Waals surface area contributed by atoms with Crippen molar-refractivity contribution in [3.05, 3.63) is 65.5 Å². The molecule has 2 N–H and O–H groups in total. The van der Waals surface area contributed by atoms with E-state index in [4.69, 9.17) is 4.74 Å². The van der Waals surface area contributed by atoms with Crippen LogP contribution in [0.15, 0.2) is 48.5 Å². The van der Waals surface area contributed by atoms with Gasteiger partial charge in [-0.15, -0.1) is 17.5 Å². The minimum absolute atomic E-state index is 0. The first-order chi connectivity index (χ1) is 15.4. The van der Waals surface area contributed by atoms with Gasteiger partial charge in [-0.2, -0.15) is 17.9 Å². The van der Waals surface area contributed by atoms with Crippen LogP contribution in [0.5, 0.6) is 5.75 Å². The minimum Gasteiger partial charge on any atom is -0.496 e. The summed E-state index contributed by atoms with van der Waals surface area (Å²) in [7, 11) is 1.54. The lowest BCUT2D eigenvalue weighted by Gasteiger charge is -2.35. The summed E-state index contributed by atoms with van der Waals surface area (Å²) < 4.78 is 46.0. The molecule has 0 spiro atoms. The van der Waals surface area contributed by atoms with Crippen LogP contribution >= 0.6 is 12.4 Å². The summed E-state index contributed by atoms with van der Waals surface area (Å²) in [6.07, 6.45) is -3.73. The first-order valence-electron chi connectivity index (χ1n) is 10.4. The van der Waals surface area contributed by atoms with Gasteiger partial charge in [0.15, 0.2) is 0 Å². The first kappa shape index (κ1) is 24.9. The Morgan fingerprint density at radius 2 is 1.94 bits per heavy atom. The summed E-state index contributed by atoms with van der Waals surface area (Å²) in [6, 6.07) is 15.1. The van der Waals surface area contributed by atoms with Crippen molar-refractivity contribution in [2.24, 2.45) is 0 Å². The van der Waals surface area contributed by atoms with Crippen molar-refractivity contribution in [3.8, 4) is 11.4 Å². The first-order valence-corrected chi connectivity index (χ1v) is 10.4. The van der Waals surface area contributed by atoms with Gasteiger partial charge in [0.05, 0.1) is 12.8 Å². The predicted molar refractivity (Wildman–Crippen MR) is 120 cm³/mol. The summed E-state index contributed by atoms with van der Waals surface area (Å²) in [5.74, 6) is -0.310. The van der Waals surface area contributed by atoms with Gasteiger partial charge in [0.25, 0.3) is 5.82 Å². The largest absolute Gasteiger partial charge is 0.496 e. The molecule has 11 heteroatoms. The van der Waals surface area contributed by atoms with Gasteiger partial charge in [0, 0.05) is 30.1 Å². The van der Waals surface area contributed by atoms with E-state index in [0.29, 0.717) is 10.4 Å². The smallest absolute Gasteiger partial charge is 0.453 e. The lowest BCUT2D eigenvalue weighted by atomic mass is 9.86. The Balaban J connectivity index is 0.00000306. The van der Waals surface area contributed by atoms with Crippen molar-refractivity contribution < 1.29 is 17.9 Å². The van der Waals surface area contributed by atoms with Crippen molar-refractivity contribution in [3.63, 3.8) is 0 Å². The highest BCUT2D eigenvalue weighted by atomic mass is 35.5. The molecule has 0 amide bonds. The maximum atomic E-state index is 13.3. The fraction of sp³-hybridized carbons (Fsp3) is 0.409. The van der Waals surface area contributed by atoms with E-state index in [1.807, 2.05) is 25.1 Å². The maximum absolute atomic E-state index is 13.3. The molecule has 1 fully saturated rings. The van der Waals surface area contributed by atoms with Crippen LogP contribution in [0.3, 0.4) is 0 Å². The normalized spacial score (nSPS) is 19.5. The van der Waals surface area contributed by atoms with Crippen LogP contribution in [0.1, 0.15) is 42.3 Å². The van der Waals surface area contributed by atoms with E-state index < -0.39 is 12.0 Å². The lowest BCUT2D eigenvalue weighted by molar-refractivity contribution is -0.146.